The third kappa shape index (κ3) is 5.87. The summed E-state index contributed by atoms with van der Waals surface area (Å²) in [6.45, 7) is 6.35. The van der Waals surface area contributed by atoms with Crippen molar-refractivity contribution in [3.8, 4) is 0 Å². The number of carbonyl (C=O) groups is 2. The molecule has 2 aliphatic rings. The van der Waals surface area contributed by atoms with Gasteiger partial charge in [-0.1, -0.05) is 36.4 Å². The zero-order valence-corrected chi connectivity index (χ0v) is 18.6. The van der Waals surface area contributed by atoms with Gasteiger partial charge in [0.05, 0.1) is 6.61 Å². The minimum Gasteiger partial charge on any atom is -0.371 e. The van der Waals surface area contributed by atoms with Crippen molar-refractivity contribution in [1.29, 1.82) is 0 Å². The number of morpholine rings is 1. The van der Waals surface area contributed by atoms with E-state index < -0.39 is 12.1 Å². The van der Waals surface area contributed by atoms with Crippen molar-refractivity contribution in [2.45, 2.75) is 38.5 Å². The predicted molar refractivity (Wildman–Crippen MR) is 126 cm³/mol. The highest BCUT2D eigenvalue weighted by Gasteiger charge is 2.28. The van der Waals surface area contributed by atoms with E-state index >= 15 is 0 Å². The van der Waals surface area contributed by atoms with Crippen LogP contribution in [0.1, 0.15) is 25.3 Å². The summed E-state index contributed by atoms with van der Waals surface area (Å²) in [6, 6.07) is 17.4. The van der Waals surface area contributed by atoms with E-state index in [2.05, 4.69) is 38.6 Å². The van der Waals surface area contributed by atoms with E-state index in [1.807, 2.05) is 36.4 Å². The summed E-state index contributed by atoms with van der Waals surface area (Å²) in [5.41, 5.74) is 3.06. The zero-order chi connectivity index (χ0) is 22.3. The first kappa shape index (κ1) is 22.3. The second-order valence-electron chi connectivity index (χ2n) is 8.54. The van der Waals surface area contributed by atoms with E-state index in [9.17, 15) is 9.59 Å². The molecular formula is C25H32N4O3. The summed E-state index contributed by atoms with van der Waals surface area (Å²) < 4.78 is 5.69. The highest BCUT2D eigenvalue weighted by Crippen LogP contribution is 2.23. The molecule has 0 aromatic heterocycles. The van der Waals surface area contributed by atoms with Gasteiger partial charge in [0.25, 0.3) is 5.91 Å². The Kier molecular flexibility index (Phi) is 7.39. The monoisotopic (exact) mass is 436 g/mol. The van der Waals surface area contributed by atoms with E-state index in [1.165, 1.54) is 18.4 Å². The van der Waals surface area contributed by atoms with Crippen LogP contribution < -0.4 is 15.5 Å². The van der Waals surface area contributed by atoms with Crippen LogP contribution >= 0.6 is 0 Å². The third-order valence-corrected chi connectivity index (χ3v) is 6.03. The van der Waals surface area contributed by atoms with Crippen LogP contribution in [0.4, 0.5) is 11.4 Å². The van der Waals surface area contributed by atoms with Gasteiger partial charge in [0.2, 0.25) is 5.91 Å². The molecule has 2 saturated heterocycles. The maximum atomic E-state index is 12.7. The smallest absolute Gasteiger partial charge is 0.251 e. The largest absolute Gasteiger partial charge is 0.371 e. The second kappa shape index (κ2) is 10.6. The predicted octanol–water partition coefficient (Wildman–Crippen LogP) is 2.63. The van der Waals surface area contributed by atoms with Crippen molar-refractivity contribution < 1.29 is 14.3 Å². The Balaban J connectivity index is 1.28. The van der Waals surface area contributed by atoms with Crippen LogP contribution in [0.3, 0.4) is 0 Å². The number of hydrogen-bond donors (Lipinski definition) is 2. The molecule has 32 heavy (non-hydrogen) atoms. The lowest BCUT2D eigenvalue weighted by molar-refractivity contribution is -0.140. The quantitative estimate of drug-likeness (QED) is 0.698. The van der Waals surface area contributed by atoms with Crippen LogP contribution in [0.2, 0.25) is 0 Å². The molecule has 2 aromatic carbocycles. The minimum absolute atomic E-state index is 0.242. The number of ether oxygens (including phenoxy) is 1. The highest BCUT2D eigenvalue weighted by atomic mass is 16.5. The Hall–Kier alpha value is -2.90. The van der Waals surface area contributed by atoms with Crippen molar-refractivity contribution >= 4 is 23.2 Å². The number of nitrogens with one attached hydrogen (secondary N) is 2. The SMILES string of the molecule is CC(NC(=O)C1CN(Cc2ccccc2)CCO1)C(=O)Nc1cccc(N2CCCC2)c1. The summed E-state index contributed by atoms with van der Waals surface area (Å²) >= 11 is 0. The first-order chi connectivity index (χ1) is 15.6. The van der Waals surface area contributed by atoms with Gasteiger partial charge < -0.3 is 20.3 Å². The Morgan fingerprint density at radius 3 is 2.62 bits per heavy atom. The molecule has 0 saturated carbocycles. The fourth-order valence-corrected chi connectivity index (χ4v) is 4.22. The summed E-state index contributed by atoms with van der Waals surface area (Å²) in [5.74, 6) is -0.495. The fraction of sp³-hybridized carbons (Fsp3) is 0.440. The number of amides is 2. The van der Waals surface area contributed by atoms with E-state index in [-0.39, 0.29) is 11.8 Å². The maximum Gasteiger partial charge on any atom is 0.251 e. The van der Waals surface area contributed by atoms with Gasteiger partial charge in [0.15, 0.2) is 0 Å². The third-order valence-electron chi connectivity index (χ3n) is 6.03. The van der Waals surface area contributed by atoms with Crippen LogP contribution in [-0.4, -0.2) is 61.6 Å². The van der Waals surface area contributed by atoms with Crippen LogP contribution in [0.15, 0.2) is 54.6 Å². The number of rotatable bonds is 7. The number of benzene rings is 2. The molecular weight excluding hydrogens is 404 g/mol. The normalized spacial score (nSPS) is 20.0. The van der Waals surface area contributed by atoms with E-state index in [0.29, 0.717) is 13.2 Å². The molecule has 0 bridgehead atoms. The Morgan fingerprint density at radius 1 is 1.06 bits per heavy atom. The summed E-state index contributed by atoms with van der Waals surface area (Å²) in [7, 11) is 0. The first-order valence-electron chi connectivity index (χ1n) is 11.4. The first-order valence-corrected chi connectivity index (χ1v) is 11.4. The van der Waals surface area contributed by atoms with Crippen LogP contribution in [-0.2, 0) is 20.9 Å². The number of carbonyl (C=O) groups excluding carboxylic acids is 2. The Morgan fingerprint density at radius 2 is 1.84 bits per heavy atom. The average Bonchev–Trinajstić information content (AvgIpc) is 3.35. The van der Waals surface area contributed by atoms with Gasteiger partial charge in [-0.05, 0) is 43.5 Å². The Labute approximate surface area is 189 Å². The number of nitrogens with zero attached hydrogens (tertiary/aromatic N) is 2. The van der Waals surface area contributed by atoms with Gasteiger partial charge in [0.1, 0.15) is 12.1 Å². The molecule has 2 aliphatic heterocycles. The van der Waals surface area contributed by atoms with Crippen LogP contribution in [0.5, 0.6) is 0 Å². The molecule has 2 fully saturated rings. The van der Waals surface area contributed by atoms with Gasteiger partial charge in [0, 0.05) is 44.1 Å². The lowest BCUT2D eigenvalue weighted by atomic mass is 10.1. The van der Waals surface area contributed by atoms with Gasteiger partial charge in [-0.25, -0.2) is 0 Å². The molecule has 2 atom stereocenters. The fourth-order valence-electron chi connectivity index (χ4n) is 4.22. The van der Waals surface area contributed by atoms with Crippen molar-refractivity contribution in [2.75, 3.05) is 43.0 Å². The molecule has 7 nitrogen and oxygen atoms in total. The lowest BCUT2D eigenvalue weighted by Gasteiger charge is -2.32. The molecule has 2 unspecified atom stereocenters. The van der Waals surface area contributed by atoms with Gasteiger partial charge in [-0.15, -0.1) is 0 Å². The summed E-state index contributed by atoms with van der Waals surface area (Å²) in [5, 5.41) is 5.73. The average molecular weight is 437 g/mol. The number of anilines is 2. The standard InChI is InChI=1S/C25H32N4O3/c1-19(24(30)27-21-10-7-11-22(16-21)29-12-5-6-13-29)26-25(31)23-18-28(14-15-32-23)17-20-8-3-2-4-9-20/h2-4,7-11,16,19,23H,5-6,12-15,17-18H2,1H3,(H,26,31)(H,27,30). The minimum atomic E-state index is -0.661. The van der Waals surface area contributed by atoms with Gasteiger partial charge in [-0.2, -0.15) is 0 Å². The van der Waals surface area contributed by atoms with Crippen LogP contribution in [0, 0.1) is 0 Å². The Bertz CT molecular complexity index is 914. The van der Waals surface area contributed by atoms with Crippen LogP contribution in [0.25, 0.3) is 0 Å². The maximum absolute atomic E-state index is 12.7. The molecule has 2 aromatic rings. The van der Waals surface area contributed by atoms with Gasteiger partial charge in [-0.3, -0.25) is 14.5 Å². The molecule has 0 aliphatic carbocycles. The lowest BCUT2D eigenvalue weighted by Crippen LogP contribution is -2.53. The zero-order valence-electron chi connectivity index (χ0n) is 18.6. The van der Waals surface area contributed by atoms with E-state index in [0.717, 1.165) is 37.6 Å². The second-order valence-corrected chi connectivity index (χ2v) is 8.54. The van der Waals surface area contributed by atoms with E-state index in [1.54, 1.807) is 6.92 Å². The molecule has 2 N–H and O–H groups in total. The van der Waals surface area contributed by atoms with Gasteiger partial charge >= 0.3 is 0 Å². The molecule has 7 heteroatoms. The highest BCUT2D eigenvalue weighted by molar-refractivity contribution is 5.97. The molecule has 2 amide bonds. The molecule has 170 valence electrons. The molecule has 0 radical (unpaired) electrons. The topological polar surface area (TPSA) is 73.9 Å². The number of hydrogen-bond acceptors (Lipinski definition) is 5. The molecule has 2 heterocycles. The summed E-state index contributed by atoms with van der Waals surface area (Å²) in [6.07, 6.45) is 1.82. The van der Waals surface area contributed by atoms with Crippen molar-refractivity contribution in [1.82, 2.24) is 10.2 Å². The van der Waals surface area contributed by atoms with Crippen molar-refractivity contribution in [3.05, 3.63) is 60.2 Å². The molecule has 4 rings (SSSR count). The van der Waals surface area contributed by atoms with Crippen molar-refractivity contribution in [3.63, 3.8) is 0 Å². The summed E-state index contributed by atoms with van der Waals surface area (Å²) in [4.78, 5) is 29.9. The van der Waals surface area contributed by atoms with Crippen molar-refractivity contribution in [2.24, 2.45) is 0 Å². The van der Waals surface area contributed by atoms with E-state index in [4.69, 9.17) is 4.74 Å². The molecule has 0 spiro atoms.